The van der Waals surface area contributed by atoms with Crippen LogP contribution in [-0.4, -0.2) is 33.4 Å². The molecule has 0 aliphatic rings. The molecule has 1 rings (SSSR count). The van der Waals surface area contributed by atoms with E-state index in [-0.39, 0.29) is 5.56 Å². The van der Waals surface area contributed by atoms with Gasteiger partial charge in [-0.25, -0.2) is 4.79 Å². The second-order valence-corrected chi connectivity index (χ2v) is 6.30. The molecule has 0 bridgehead atoms. The first-order chi connectivity index (χ1) is 9.84. The fraction of sp³-hybridized carbons (Fsp3) is 0.533. The van der Waals surface area contributed by atoms with Gasteiger partial charge in [0.1, 0.15) is 0 Å². The molecule has 22 heavy (non-hydrogen) atoms. The van der Waals surface area contributed by atoms with Gasteiger partial charge in [-0.2, -0.15) is 13.2 Å². The number of halogens is 3. The minimum Gasteiger partial charge on any atom is -0.465 e. The van der Waals surface area contributed by atoms with Crippen molar-refractivity contribution in [2.75, 3.05) is 6.61 Å². The van der Waals surface area contributed by atoms with Gasteiger partial charge in [0, 0.05) is 5.54 Å². The molecule has 1 aromatic rings. The minimum atomic E-state index is -4.54. The van der Waals surface area contributed by atoms with Gasteiger partial charge < -0.3 is 10.2 Å². The Morgan fingerprint density at radius 3 is 2.00 bits per heavy atom. The third kappa shape index (κ3) is 3.52. The van der Waals surface area contributed by atoms with Gasteiger partial charge in [0.15, 0.2) is 0 Å². The zero-order valence-corrected chi connectivity index (χ0v) is 12.9. The molecule has 0 heterocycles. The van der Waals surface area contributed by atoms with Crippen molar-refractivity contribution in [2.24, 2.45) is 0 Å². The summed E-state index contributed by atoms with van der Waals surface area (Å²) in [4.78, 5) is 12.6. The fourth-order valence-electron chi connectivity index (χ4n) is 2.56. The Labute approximate surface area is 127 Å². The number of carboxylic acid groups (broad SMARTS) is 1. The standard InChI is InChI=1S/C15H20F3NO3/c1-13(2,3)19(12(21)22)14(4,9-20)10-6-5-7-11(8-10)15(16,17)18/h5-8,20H,9H2,1-4H3,(H,21,22)/t14-/m0/s1. The molecule has 0 unspecified atom stereocenters. The molecule has 0 saturated carbocycles. The lowest BCUT2D eigenvalue weighted by atomic mass is 9.86. The predicted octanol–water partition coefficient (Wildman–Crippen LogP) is 3.69. The summed E-state index contributed by atoms with van der Waals surface area (Å²) in [6, 6.07) is 4.36. The highest BCUT2D eigenvalue weighted by Gasteiger charge is 2.44. The van der Waals surface area contributed by atoms with Crippen molar-refractivity contribution in [2.45, 2.75) is 44.9 Å². The Morgan fingerprint density at radius 2 is 1.64 bits per heavy atom. The highest BCUT2D eigenvalue weighted by atomic mass is 19.4. The van der Waals surface area contributed by atoms with E-state index in [9.17, 15) is 28.2 Å². The van der Waals surface area contributed by atoms with E-state index in [1.807, 2.05) is 0 Å². The molecule has 4 nitrogen and oxygen atoms in total. The number of amides is 1. The van der Waals surface area contributed by atoms with Crippen LogP contribution in [0.5, 0.6) is 0 Å². The third-order valence-corrected chi connectivity index (χ3v) is 3.48. The zero-order valence-electron chi connectivity index (χ0n) is 12.9. The lowest BCUT2D eigenvalue weighted by Crippen LogP contribution is -2.58. The van der Waals surface area contributed by atoms with E-state index < -0.39 is 35.5 Å². The van der Waals surface area contributed by atoms with Gasteiger partial charge in [0.2, 0.25) is 0 Å². The first kappa shape index (κ1) is 18.3. The third-order valence-electron chi connectivity index (χ3n) is 3.48. The van der Waals surface area contributed by atoms with Gasteiger partial charge >= 0.3 is 12.3 Å². The highest BCUT2D eigenvalue weighted by molar-refractivity contribution is 5.68. The quantitative estimate of drug-likeness (QED) is 0.893. The molecule has 2 N–H and O–H groups in total. The number of nitrogens with zero attached hydrogens (tertiary/aromatic N) is 1. The second-order valence-electron chi connectivity index (χ2n) is 6.30. The first-order valence-electron chi connectivity index (χ1n) is 6.66. The van der Waals surface area contributed by atoms with E-state index in [0.717, 1.165) is 17.0 Å². The number of benzene rings is 1. The van der Waals surface area contributed by atoms with E-state index in [2.05, 4.69) is 0 Å². The van der Waals surface area contributed by atoms with Crippen LogP contribution in [-0.2, 0) is 11.7 Å². The van der Waals surface area contributed by atoms with E-state index in [1.54, 1.807) is 20.8 Å². The summed E-state index contributed by atoms with van der Waals surface area (Å²) < 4.78 is 38.6. The molecule has 1 amide bonds. The van der Waals surface area contributed by atoms with Crippen LogP contribution >= 0.6 is 0 Å². The van der Waals surface area contributed by atoms with Gasteiger partial charge in [-0.3, -0.25) is 4.90 Å². The fourth-order valence-corrected chi connectivity index (χ4v) is 2.56. The van der Waals surface area contributed by atoms with E-state index in [0.29, 0.717) is 0 Å². The Bertz CT molecular complexity index is 552. The van der Waals surface area contributed by atoms with E-state index in [1.165, 1.54) is 19.1 Å². The number of carbonyl (C=O) groups is 1. The van der Waals surface area contributed by atoms with Gasteiger partial charge in [-0.15, -0.1) is 0 Å². The van der Waals surface area contributed by atoms with Crippen LogP contribution in [0.2, 0.25) is 0 Å². The van der Waals surface area contributed by atoms with Crippen molar-refractivity contribution in [1.82, 2.24) is 4.90 Å². The van der Waals surface area contributed by atoms with Gasteiger partial charge in [0.25, 0.3) is 0 Å². The summed E-state index contributed by atoms with van der Waals surface area (Å²) in [5, 5.41) is 19.2. The molecule has 0 fully saturated rings. The Kier molecular flexibility index (Phi) is 4.82. The van der Waals surface area contributed by atoms with Crippen molar-refractivity contribution in [3.8, 4) is 0 Å². The highest BCUT2D eigenvalue weighted by Crippen LogP contribution is 2.37. The molecule has 0 aliphatic carbocycles. The van der Waals surface area contributed by atoms with Crippen LogP contribution in [0.4, 0.5) is 18.0 Å². The largest absolute Gasteiger partial charge is 0.465 e. The number of hydrogen-bond donors (Lipinski definition) is 2. The summed E-state index contributed by atoms with van der Waals surface area (Å²) in [5.74, 6) is 0. The van der Waals surface area contributed by atoms with Gasteiger partial charge in [-0.1, -0.05) is 12.1 Å². The van der Waals surface area contributed by atoms with Crippen LogP contribution in [0.15, 0.2) is 24.3 Å². The molecule has 0 spiro atoms. The predicted molar refractivity (Wildman–Crippen MR) is 75.5 cm³/mol. The molecule has 0 radical (unpaired) electrons. The molecule has 0 aromatic heterocycles. The number of aliphatic hydroxyl groups excluding tert-OH is 1. The molecule has 0 saturated heterocycles. The number of aliphatic hydroxyl groups is 1. The van der Waals surface area contributed by atoms with Crippen molar-refractivity contribution in [3.05, 3.63) is 35.4 Å². The van der Waals surface area contributed by atoms with Crippen LogP contribution in [0.3, 0.4) is 0 Å². The maximum atomic E-state index is 12.9. The van der Waals surface area contributed by atoms with Crippen LogP contribution in [0.25, 0.3) is 0 Å². The summed E-state index contributed by atoms with van der Waals surface area (Å²) in [6.07, 6.45) is -5.86. The Balaban J connectivity index is 3.49. The van der Waals surface area contributed by atoms with Crippen LogP contribution in [0, 0.1) is 0 Å². The minimum absolute atomic E-state index is 0.0853. The van der Waals surface area contributed by atoms with Crippen LogP contribution in [0.1, 0.15) is 38.8 Å². The Hall–Kier alpha value is -1.76. The molecule has 7 heteroatoms. The lowest BCUT2D eigenvalue weighted by Gasteiger charge is -2.46. The molecular weight excluding hydrogens is 299 g/mol. The van der Waals surface area contributed by atoms with E-state index in [4.69, 9.17) is 0 Å². The average Bonchev–Trinajstić information content (AvgIpc) is 2.35. The SMILES string of the molecule is CC(C)(C)N(C(=O)O)[C@@](C)(CO)c1cccc(C(F)(F)F)c1. The number of hydrogen-bond acceptors (Lipinski definition) is 2. The summed E-state index contributed by atoms with van der Waals surface area (Å²) in [6.45, 7) is 5.60. The van der Waals surface area contributed by atoms with Crippen molar-refractivity contribution in [1.29, 1.82) is 0 Å². The average molecular weight is 319 g/mol. The Morgan fingerprint density at radius 1 is 1.14 bits per heavy atom. The zero-order chi connectivity index (χ0) is 17.3. The second kappa shape index (κ2) is 5.79. The summed E-state index contributed by atoms with van der Waals surface area (Å²) in [7, 11) is 0. The monoisotopic (exact) mass is 319 g/mol. The summed E-state index contributed by atoms with van der Waals surface area (Å²) >= 11 is 0. The topological polar surface area (TPSA) is 60.8 Å². The van der Waals surface area contributed by atoms with Crippen LogP contribution < -0.4 is 0 Å². The van der Waals surface area contributed by atoms with Gasteiger partial charge in [0.05, 0.1) is 17.7 Å². The molecule has 0 aliphatic heterocycles. The van der Waals surface area contributed by atoms with E-state index >= 15 is 0 Å². The number of alkyl halides is 3. The first-order valence-corrected chi connectivity index (χ1v) is 6.66. The maximum absolute atomic E-state index is 12.9. The maximum Gasteiger partial charge on any atom is 0.416 e. The normalized spacial score (nSPS) is 15.3. The molecular formula is C15H20F3NO3. The summed E-state index contributed by atoms with van der Waals surface area (Å²) in [5.41, 5.74) is -3.20. The lowest BCUT2D eigenvalue weighted by molar-refractivity contribution is -0.137. The van der Waals surface area contributed by atoms with Crippen molar-refractivity contribution >= 4 is 6.09 Å². The molecule has 124 valence electrons. The molecule has 1 aromatic carbocycles. The van der Waals surface area contributed by atoms with Crippen molar-refractivity contribution in [3.63, 3.8) is 0 Å². The smallest absolute Gasteiger partial charge is 0.416 e. The molecule has 1 atom stereocenters. The van der Waals surface area contributed by atoms with Gasteiger partial charge in [-0.05, 0) is 45.4 Å². The van der Waals surface area contributed by atoms with Crippen molar-refractivity contribution < 1.29 is 28.2 Å². The number of rotatable bonds is 3.